The van der Waals surface area contributed by atoms with Gasteiger partial charge in [-0.05, 0) is 118 Å². The molecule has 2 aliphatic rings. The molecular weight excluding hydrogens is 366 g/mol. The van der Waals surface area contributed by atoms with Crippen molar-refractivity contribution in [3.63, 3.8) is 0 Å². The Morgan fingerprint density at radius 1 is 1.00 bits per heavy atom. The van der Waals surface area contributed by atoms with Crippen molar-refractivity contribution in [2.45, 2.75) is 84.6 Å². The highest BCUT2D eigenvalue weighted by molar-refractivity contribution is 5.54. The van der Waals surface area contributed by atoms with Crippen LogP contribution in [0.2, 0.25) is 0 Å². The van der Waals surface area contributed by atoms with E-state index in [1.807, 2.05) is 12.3 Å². The number of benzene rings is 1. The van der Waals surface area contributed by atoms with Gasteiger partial charge in [-0.1, -0.05) is 13.0 Å². The third-order valence-electron chi connectivity index (χ3n) is 7.45. The Hall–Kier alpha value is -2.03. The summed E-state index contributed by atoms with van der Waals surface area (Å²) < 4.78 is 0. The first-order valence-corrected chi connectivity index (χ1v) is 12.2. The zero-order valence-corrected chi connectivity index (χ0v) is 19.2. The maximum absolute atomic E-state index is 4.59. The molecule has 1 N–H and O–H groups in total. The van der Waals surface area contributed by atoms with Crippen LogP contribution in [-0.2, 0) is 12.8 Å². The predicted octanol–water partition coefficient (Wildman–Crippen LogP) is 6.46. The van der Waals surface area contributed by atoms with E-state index in [0.29, 0.717) is 6.04 Å². The molecule has 1 aromatic carbocycles. The van der Waals surface area contributed by atoms with Gasteiger partial charge in [-0.15, -0.1) is 0 Å². The summed E-state index contributed by atoms with van der Waals surface area (Å²) >= 11 is 0. The third-order valence-corrected chi connectivity index (χ3v) is 7.45. The molecule has 1 aromatic heterocycles. The Morgan fingerprint density at radius 3 is 2.50 bits per heavy atom. The van der Waals surface area contributed by atoms with Crippen molar-refractivity contribution in [2.75, 3.05) is 23.3 Å². The van der Waals surface area contributed by atoms with Crippen LogP contribution in [0.15, 0.2) is 30.5 Å². The van der Waals surface area contributed by atoms with Crippen LogP contribution in [0.1, 0.15) is 74.1 Å². The molecule has 162 valence electrons. The molecule has 3 heteroatoms. The summed E-state index contributed by atoms with van der Waals surface area (Å²) in [6.45, 7) is 9.29. The second-order valence-electron chi connectivity index (χ2n) is 9.53. The number of aromatic nitrogens is 1. The molecule has 1 aliphatic carbocycles. The molecule has 0 spiro atoms. The summed E-state index contributed by atoms with van der Waals surface area (Å²) in [5, 5.41) is 3.74. The molecule has 0 bridgehead atoms. The van der Waals surface area contributed by atoms with Crippen molar-refractivity contribution in [1.29, 1.82) is 0 Å². The van der Waals surface area contributed by atoms with Crippen molar-refractivity contribution in [3.05, 3.63) is 52.7 Å². The molecule has 1 saturated heterocycles. The summed E-state index contributed by atoms with van der Waals surface area (Å²) in [5.74, 6) is 1.91. The molecule has 2 fully saturated rings. The molecule has 0 amide bonds. The van der Waals surface area contributed by atoms with Crippen LogP contribution >= 0.6 is 0 Å². The SMILES string of the molecule is CCc1cccnc1NC1CCC(Cc2cc(N3CCCCC3)cc(C)c2C)CC1. The minimum Gasteiger partial charge on any atom is -0.372 e. The van der Waals surface area contributed by atoms with Gasteiger partial charge in [-0.25, -0.2) is 4.98 Å². The Labute approximate surface area is 183 Å². The smallest absolute Gasteiger partial charge is 0.129 e. The number of hydrogen-bond acceptors (Lipinski definition) is 3. The van der Waals surface area contributed by atoms with Crippen molar-refractivity contribution in [2.24, 2.45) is 5.92 Å². The number of pyridine rings is 1. The van der Waals surface area contributed by atoms with Crippen molar-refractivity contribution >= 4 is 11.5 Å². The standard InChI is InChI=1S/C27H39N3/c1-4-23-9-8-14-28-27(23)29-25-12-10-22(11-13-25)18-24-19-26(17-20(2)21(24)3)30-15-6-5-7-16-30/h8-9,14,17,19,22,25H,4-7,10-13,15-16,18H2,1-3H3,(H,28,29). The molecule has 0 unspecified atom stereocenters. The number of piperidine rings is 1. The third kappa shape index (κ3) is 4.99. The fraction of sp³-hybridized carbons (Fsp3) is 0.593. The van der Waals surface area contributed by atoms with E-state index in [9.17, 15) is 0 Å². The molecule has 3 nitrogen and oxygen atoms in total. The lowest BCUT2D eigenvalue weighted by Crippen LogP contribution is -2.30. The lowest BCUT2D eigenvalue weighted by atomic mass is 9.81. The molecule has 0 atom stereocenters. The second-order valence-corrected chi connectivity index (χ2v) is 9.53. The van der Waals surface area contributed by atoms with Crippen LogP contribution < -0.4 is 10.2 Å². The van der Waals surface area contributed by atoms with E-state index in [-0.39, 0.29) is 0 Å². The molecule has 1 aliphatic heterocycles. The summed E-state index contributed by atoms with van der Waals surface area (Å²) in [4.78, 5) is 7.20. The average Bonchev–Trinajstić information content (AvgIpc) is 2.79. The number of rotatable bonds is 6. The van der Waals surface area contributed by atoms with E-state index in [0.717, 1.165) is 18.2 Å². The summed E-state index contributed by atoms with van der Waals surface area (Å²) in [6.07, 6.45) is 13.4. The van der Waals surface area contributed by atoms with E-state index >= 15 is 0 Å². The largest absolute Gasteiger partial charge is 0.372 e. The minimum absolute atomic E-state index is 0.573. The van der Waals surface area contributed by atoms with Crippen LogP contribution in [0.3, 0.4) is 0 Å². The van der Waals surface area contributed by atoms with Gasteiger partial charge in [0, 0.05) is 31.0 Å². The number of aryl methyl sites for hydroxylation is 2. The van der Waals surface area contributed by atoms with Crippen LogP contribution in [0.25, 0.3) is 0 Å². The highest BCUT2D eigenvalue weighted by Gasteiger charge is 2.23. The Kier molecular flexibility index (Phi) is 6.97. The topological polar surface area (TPSA) is 28.2 Å². The summed E-state index contributed by atoms with van der Waals surface area (Å²) in [7, 11) is 0. The van der Waals surface area contributed by atoms with Gasteiger partial charge in [0.15, 0.2) is 0 Å². The predicted molar refractivity (Wildman–Crippen MR) is 129 cm³/mol. The van der Waals surface area contributed by atoms with Crippen LogP contribution in [0.5, 0.6) is 0 Å². The highest BCUT2D eigenvalue weighted by atomic mass is 15.1. The van der Waals surface area contributed by atoms with Gasteiger partial charge in [-0.3, -0.25) is 0 Å². The molecule has 0 radical (unpaired) electrons. The number of nitrogens with one attached hydrogen (secondary N) is 1. The van der Waals surface area contributed by atoms with E-state index < -0.39 is 0 Å². The zero-order valence-electron chi connectivity index (χ0n) is 19.2. The maximum atomic E-state index is 4.59. The van der Waals surface area contributed by atoms with Crippen molar-refractivity contribution < 1.29 is 0 Å². The number of nitrogens with zero attached hydrogens (tertiary/aromatic N) is 2. The van der Waals surface area contributed by atoms with Gasteiger partial charge in [0.1, 0.15) is 5.82 Å². The fourth-order valence-electron chi connectivity index (χ4n) is 5.33. The van der Waals surface area contributed by atoms with E-state index in [1.54, 1.807) is 5.56 Å². The first-order valence-electron chi connectivity index (χ1n) is 12.2. The Balaban J connectivity index is 1.37. The minimum atomic E-state index is 0.573. The molecule has 30 heavy (non-hydrogen) atoms. The van der Waals surface area contributed by atoms with Gasteiger partial charge in [0.05, 0.1) is 0 Å². The number of hydrogen-bond donors (Lipinski definition) is 1. The summed E-state index contributed by atoms with van der Waals surface area (Å²) in [5.41, 5.74) is 7.36. The van der Waals surface area contributed by atoms with Crippen LogP contribution in [0, 0.1) is 19.8 Å². The van der Waals surface area contributed by atoms with E-state index in [1.165, 1.54) is 86.8 Å². The molecule has 1 saturated carbocycles. The van der Waals surface area contributed by atoms with Gasteiger partial charge in [0.2, 0.25) is 0 Å². The van der Waals surface area contributed by atoms with Gasteiger partial charge >= 0.3 is 0 Å². The normalized spacial score (nSPS) is 22.2. The Bertz CT molecular complexity index is 830. The first kappa shape index (κ1) is 21.2. The lowest BCUT2D eigenvalue weighted by Gasteiger charge is -2.32. The van der Waals surface area contributed by atoms with Gasteiger partial charge in [-0.2, -0.15) is 0 Å². The van der Waals surface area contributed by atoms with Crippen LogP contribution in [0.4, 0.5) is 11.5 Å². The molecule has 2 aromatic rings. The zero-order chi connectivity index (χ0) is 20.9. The lowest BCUT2D eigenvalue weighted by molar-refractivity contribution is 0.335. The van der Waals surface area contributed by atoms with E-state index in [2.05, 4.69) is 54.2 Å². The monoisotopic (exact) mass is 405 g/mol. The maximum Gasteiger partial charge on any atom is 0.129 e. The average molecular weight is 406 g/mol. The fourth-order valence-corrected chi connectivity index (χ4v) is 5.33. The van der Waals surface area contributed by atoms with Crippen molar-refractivity contribution in [1.82, 2.24) is 4.98 Å². The molecular formula is C27H39N3. The van der Waals surface area contributed by atoms with Crippen LogP contribution in [-0.4, -0.2) is 24.1 Å². The van der Waals surface area contributed by atoms with Gasteiger partial charge < -0.3 is 10.2 Å². The van der Waals surface area contributed by atoms with Gasteiger partial charge in [0.25, 0.3) is 0 Å². The first-order chi connectivity index (χ1) is 14.6. The van der Waals surface area contributed by atoms with Crippen molar-refractivity contribution in [3.8, 4) is 0 Å². The highest BCUT2D eigenvalue weighted by Crippen LogP contribution is 2.33. The Morgan fingerprint density at radius 2 is 1.77 bits per heavy atom. The molecule has 2 heterocycles. The quantitative estimate of drug-likeness (QED) is 0.597. The summed E-state index contributed by atoms with van der Waals surface area (Å²) in [6, 6.07) is 9.75. The number of anilines is 2. The second kappa shape index (κ2) is 9.85. The molecule has 4 rings (SSSR count). The van der Waals surface area contributed by atoms with E-state index in [4.69, 9.17) is 0 Å².